The molecule has 1 saturated heterocycles. The number of carbonyl (C=O) groups is 1. The monoisotopic (exact) mass is 398 g/mol. The van der Waals surface area contributed by atoms with Crippen molar-refractivity contribution in [2.24, 2.45) is 0 Å². The molecule has 146 valence electrons. The van der Waals surface area contributed by atoms with E-state index in [4.69, 9.17) is 0 Å². The van der Waals surface area contributed by atoms with Gasteiger partial charge >= 0.3 is 0 Å². The summed E-state index contributed by atoms with van der Waals surface area (Å²) in [4.78, 5) is 21.5. The normalized spacial score (nSPS) is 18.1. The van der Waals surface area contributed by atoms with Crippen LogP contribution in [0.5, 0.6) is 0 Å². The maximum atomic E-state index is 12.6. The molecule has 2 fully saturated rings. The van der Waals surface area contributed by atoms with E-state index in [-0.39, 0.29) is 5.91 Å². The van der Waals surface area contributed by atoms with Crippen LogP contribution >= 0.6 is 11.8 Å². The molecule has 1 aliphatic carbocycles. The molecule has 1 saturated carbocycles. The predicted molar refractivity (Wildman–Crippen MR) is 104 cm³/mol. The lowest BCUT2D eigenvalue weighted by Gasteiger charge is -2.34. The number of pyridine rings is 1. The van der Waals surface area contributed by atoms with E-state index in [1.54, 1.807) is 0 Å². The van der Waals surface area contributed by atoms with Crippen LogP contribution in [-0.4, -0.2) is 77.2 Å². The number of imidazole rings is 1. The Hall–Kier alpha value is -2.46. The smallest absolute Gasteiger partial charge is 0.233 e. The molecule has 0 atom stereocenters. The van der Waals surface area contributed by atoms with Crippen molar-refractivity contribution in [1.82, 2.24) is 39.4 Å². The lowest BCUT2D eigenvalue weighted by Crippen LogP contribution is -2.48. The molecule has 0 unspecified atom stereocenters. The predicted octanol–water partition coefficient (Wildman–Crippen LogP) is 1.09. The molecule has 3 aromatic heterocycles. The number of nitrogens with zero attached hydrogens (tertiary/aromatic N) is 8. The van der Waals surface area contributed by atoms with Crippen molar-refractivity contribution in [3.05, 3.63) is 36.3 Å². The zero-order valence-corrected chi connectivity index (χ0v) is 16.3. The van der Waals surface area contributed by atoms with Crippen LogP contribution < -0.4 is 0 Å². The van der Waals surface area contributed by atoms with E-state index in [0.717, 1.165) is 62.1 Å². The molecule has 0 aromatic carbocycles. The van der Waals surface area contributed by atoms with Crippen LogP contribution in [0.4, 0.5) is 0 Å². The van der Waals surface area contributed by atoms with Gasteiger partial charge in [0.1, 0.15) is 5.65 Å². The molecule has 2 aliphatic rings. The number of fused-ring (bicyclic) bond motifs is 1. The number of tetrazole rings is 1. The Kier molecular flexibility index (Phi) is 4.73. The molecule has 0 radical (unpaired) electrons. The summed E-state index contributed by atoms with van der Waals surface area (Å²) in [5.41, 5.74) is 2.03. The number of piperazine rings is 1. The fourth-order valence-electron chi connectivity index (χ4n) is 3.49. The Morgan fingerprint density at radius 2 is 2.04 bits per heavy atom. The van der Waals surface area contributed by atoms with Crippen molar-refractivity contribution in [2.75, 3.05) is 31.9 Å². The Labute approximate surface area is 166 Å². The molecule has 10 heteroatoms. The highest BCUT2D eigenvalue weighted by atomic mass is 32.2. The lowest BCUT2D eigenvalue weighted by molar-refractivity contribution is -0.130. The van der Waals surface area contributed by atoms with E-state index in [0.29, 0.717) is 11.8 Å². The topological polar surface area (TPSA) is 84.5 Å². The molecule has 3 aromatic rings. The first-order valence-corrected chi connectivity index (χ1v) is 10.6. The van der Waals surface area contributed by atoms with Gasteiger partial charge in [-0.2, -0.15) is 0 Å². The van der Waals surface area contributed by atoms with Crippen LogP contribution in [-0.2, 0) is 11.3 Å². The Balaban J connectivity index is 1.11. The molecule has 0 bridgehead atoms. The standard InChI is InChI=1S/C18H22N8OS/c27-17(13-28-18-20-21-22-26(18)15-4-5-15)24-9-7-23(8-10-24)11-14-12-25-6-2-1-3-16(25)19-14/h1-3,6,12,15H,4-5,7-11,13H2. The van der Waals surface area contributed by atoms with Crippen LogP contribution in [0.3, 0.4) is 0 Å². The van der Waals surface area contributed by atoms with Crippen molar-refractivity contribution < 1.29 is 4.79 Å². The van der Waals surface area contributed by atoms with Gasteiger partial charge in [-0.25, -0.2) is 9.67 Å². The van der Waals surface area contributed by atoms with E-state index in [1.165, 1.54) is 11.8 Å². The van der Waals surface area contributed by atoms with Crippen LogP contribution in [0, 0.1) is 0 Å². The van der Waals surface area contributed by atoms with Crippen molar-refractivity contribution in [2.45, 2.75) is 30.6 Å². The van der Waals surface area contributed by atoms with Gasteiger partial charge in [-0.15, -0.1) is 5.10 Å². The lowest BCUT2D eigenvalue weighted by atomic mass is 10.3. The molecule has 0 spiro atoms. The summed E-state index contributed by atoms with van der Waals surface area (Å²) in [6, 6.07) is 6.44. The van der Waals surface area contributed by atoms with Crippen LogP contribution in [0.15, 0.2) is 35.7 Å². The first kappa shape index (κ1) is 17.6. The number of amides is 1. The molecule has 0 N–H and O–H groups in total. The van der Waals surface area contributed by atoms with Crippen LogP contribution in [0.2, 0.25) is 0 Å². The maximum absolute atomic E-state index is 12.6. The summed E-state index contributed by atoms with van der Waals surface area (Å²) in [6.45, 7) is 4.05. The number of aromatic nitrogens is 6. The van der Waals surface area contributed by atoms with E-state index in [9.17, 15) is 4.79 Å². The van der Waals surface area contributed by atoms with Gasteiger partial charge in [-0.1, -0.05) is 17.8 Å². The zero-order valence-electron chi connectivity index (χ0n) is 15.5. The van der Waals surface area contributed by atoms with Gasteiger partial charge in [0.2, 0.25) is 11.1 Å². The molecule has 4 heterocycles. The molecular formula is C18H22N8OS. The Morgan fingerprint density at radius 3 is 2.82 bits per heavy atom. The minimum absolute atomic E-state index is 0.155. The van der Waals surface area contributed by atoms with Crippen LogP contribution in [0.25, 0.3) is 5.65 Å². The number of hydrogen-bond acceptors (Lipinski definition) is 7. The minimum Gasteiger partial charge on any atom is -0.339 e. The van der Waals surface area contributed by atoms with Gasteiger partial charge in [0.15, 0.2) is 0 Å². The second-order valence-electron chi connectivity index (χ2n) is 7.28. The number of thioether (sulfide) groups is 1. The van der Waals surface area contributed by atoms with Gasteiger partial charge < -0.3 is 9.30 Å². The van der Waals surface area contributed by atoms with Crippen LogP contribution in [0.1, 0.15) is 24.6 Å². The molecule has 9 nitrogen and oxygen atoms in total. The van der Waals surface area contributed by atoms with Gasteiger partial charge in [0.25, 0.3) is 0 Å². The fraction of sp³-hybridized carbons (Fsp3) is 0.500. The Bertz CT molecular complexity index is 940. The first-order chi connectivity index (χ1) is 13.8. The second kappa shape index (κ2) is 7.51. The number of rotatable bonds is 6. The number of hydrogen-bond donors (Lipinski definition) is 0. The van der Waals surface area contributed by atoms with E-state index in [2.05, 4.69) is 31.6 Å². The summed E-state index contributed by atoms with van der Waals surface area (Å²) in [7, 11) is 0. The molecule has 1 aliphatic heterocycles. The SMILES string of the molecule is O=C(CSc1nnnn1C1CC1)N1CCN(Cc2cn3ccccc3n2)CC1. The molecular weight excluding hydrogens is 376 g/mol. The fourth-order valence-corrected chi connectivity index (χ4v) is 4.34. The summed E-state index contributed by atoms with van der Waals surface area (Å²) >= 11 is 1.44. The highest BCUT2D eigenvalue weighted by Crippen LogP contribution is 2.36. The van der Waals surface area contributed by atoms with Gasteiger partial charge in [-0.3, -0.25) is 9.69 Å². The van der Waals surface area contributed by atoms with E-state index < -0.39 is 0 Å². The largest absolute Gasteiger partial charge is 0.339 e. The van der Waals surface area contributed by atoms with E-state index in [1.807, 2.05) is 38.4 Å². The van der Waals surface area contributed by atoms with Gasteiger partial charge in [-0.05, 0) is 35.4 Å². The molecule has 5 rings (SSSR count). The van der Waals surface area contributed by atoms with Crippen molar-refractivity contribution in [3.8, 4) is 0 Å². The van der Waals surface area contributed by atoms with Crippen molar-refractivity contribution in [1.29, 1.82) is 0 Å². The summed E-state index contributed by atoms with van der Waals surface area (Å²) < 4.78 is 3.90. The van der Waals surface area contributed by atoms with Crippen molar-refractivity contribution >= 4 is 23.3 Å². The third-order valence-electron chi connectivity index (χ3n) is 5.20. The quantitative estimate of drug-likeness (QED) is 0.575. The molecule has 28 heavy (non-hydrogen) atoms. The van der Waals surface area contributed by atoms with Gasteiger partial charge in [0, 0.05) is 45.1 Å². The third-order valence-corrected chi connectivity index (χ3v) is 6.12. The summed E-state index contributed by atoms with van der Waals surface area (Å²) in [5, 5.41) is 12.6. The highest BCUT2D eigenvalue weighted by Gasteiger charge is 2.28. The molecule has 1 amide bonds. The average Bonchev–Trinajstić information content (AvgIpc) is 3.31. The third kappa shape index (κ3) is 3.74. The zero-order chi connectivity index (χ0) is 18.9. The Morgan fingerprint density at radius 1 is 1.18 bits per heavy atom. The summed E-state index contributed by atoms with van der Waals surface area (Å²) in [5.74, 6) is 0.544. The van der Waals surface area contributed by atoms with E-state index >= 15 is 0 Å². The maximum Gasteiger partial charge on any atom is 0.233 e. The minimum atomic E-state index is 0.155. The first-order valence-electron chi connectivity index (χ1n) is 9.60. The van der Waals surface area contributed by atoms with Crippen molar-refractivity contribution in [3.63, 3.8) is 0 Å². The average molecular weight is 398 g/mol. The summed E-state index contributed by atoms with van der Waals surface area (Å²) in [6.07, 6.45) is 6.34. The van der Waals surface area contributed by atoms with Gasteiger partial charge in [0.05, 0.1) is 17.5 Å². The number of carbonyl (C=O) groups excluding carboxylic acids is 1. The second-order valence-corrected chi connectivity index (χ2v) is 8.22. The highest BCUT2D eigenvalue weighted by molar-refractivity contribution is 7.99.